The van der Waals surface area contributed by atoms with Gasteiger partial charge >= 0.3 is 0 Å². The summed E-state index contributed by atoms with van der Waals surface area (Å²) >= 11 is 0. The predicted molar refractivity (Wildman–Crippen MR) is 51.6 cm³/mol. The van der Waals surface area contributed by atoms with E-state index >= 15 is 0 Å². The van der Waals surface area contributed by atoms with E-state index in [4.69, 9.17) is 0 Å². The van der Waals surface area contributed by atoms with Gasteiger partial charge in [0.05, 0.1) is 0 Å². The van der Waals surface area contributed by atoms with Crippen LogP contribution in [0.4, 0.5) is 0 Å². The van der Waals surface area contributed by atoms with Crippen molar-refractivity contribution in [3.63, 3.8) is 0 Å². The molecule has 0 spiro atoms. The Morgan fingerprint density at radius 1 is 1.18 bits per heavy atom. The van der Waals surface area contributed by atoms with Gasteiger partial charge in [-0.1, -0.05) is 33.3 Å². The second-order valence-corrected chi connectivity index (χ2v) is 2.99. The molecule has 0 aromatic carbocycles. The van der Waals surface area contributed by atoms with Gasteiger partial charge in [0.2, 0.25) is 0 Å². The van der Waals surface area contributed by atoms with E-state index in [1.165, 1.54) is 31.4 Å². The van der Waals surface area contributed by atoms with E-state index in [0.717, 1.165) is 13.0 Å². The fourth-order valence-electron chi connectivity index (χ4n) is 0.920. The Balaban J connectivity index is 3.09. The molecule has 66 valence electrons. The average Bonchev–Trinajstić information content (AvgIpc) is 2.01. The van der Waals surface area contributed by atoms with Gasteiger partial charge < -0.3 is 5.32 Å². The predicted octanol–water partition coefficient (Wildman–Crippen LogP) is 3.08. The molecule has 0 saturated heterocycles. The molecular formula is C10H21N. The average molecular weight is 155 g/mol. The summed E-state index contributed by atoms with van der Waals surface area (Å²) in [5.74, 6) is 0. The first-order valence-electron chi connectivity index (χ1n) is 4.72. The Bertz CT molecular complexity index is 97.0. The first kappa shape index (κ1) is 10.5. The van der Waals surface area contributed by atoms with Crippen LogP contribution in [0.2, 0.25) is 0 Å². The van der Waals surface area contributed by atoms with Crippen molar-refractivity contribution in [3.05, 3.63) is 12.3 Å². The maximum atomic E-state index is 3.95. The fourth-order valence-corrected chi connectivity index (χ4v) is 0.920. The SMILES string of the molecule is C=C(CCCC)NCCCC. The molecule has 0 heterocycles. The zero-order chi connectivity index (χ0) is 8.53. The maximum Gasteiger partial charge on any atom is 0.0143 e. The van der Waals surface area contributed by atoms with Crippen molar-refractivity contribution in [1.82, 2.24) is 5.32 Å². The molecule has 0 aliphatic heterocycles. The number of nitrogens with one attached hydrogen (secondary N) is 1. The second-order valence-electron chi connectivity index (χ2n) is 2.99. The molecule has 0 radical (unpaired) electrons. The number of hydrogen-bond acceptors (Lipinski definition) is 1. The molecule has 0 aromatic rings. The molecule has 1 N–H and O–H groups in total. The van der Waals surface area contributed by atoms with E-state index in [1.54, 1.807) is 0 Å². The van der Waals surface area contributed by atoms with Gasteiger partial charge in [-0.25, -0.2) is 0 Å². The van der Waals surface area contributed by atoms with E-state index in [9.17, 15) is 0 Å². The minimum Gasteiger partial charge on any atom is -0.389 e. The molecule has 1 heteroatoms. The summed E-state index contributed by atoms with van der Waals surface area (Å²) < 4.78 is 0. The highest BCUT2D eigenvalue weighted by Crippen LogP contribution is 2.01. The Morgan fingerprint density at radius 3 is 2.36 bits per heavy atom. The summed E-state index contributed by atoms with van der Waals surface area (Å²) in [6, 6.07) is 0. The van der Waals surface area contributed by atoms with Crippen LogP contribution in [-0.2, 0) is 0 Å². The minimum absolute atomic E-state index is 1.10. The van der Waals surface area contributed by atoms with Gasteiger partial charge in [-0.05, 0) is 19.3 Å². The van der Waals surface area contributed by atoms with E-state index in [2.05, 4.69) is 25.7 Å². The number of hydrogen-bond donors (Lipinski definition) is 1. The zero-order valence-electron chi connectivity index (χ0n) is 7.95. The fraction of sp³-hybridized carbons (Fsp3) is 0.800. The molecule has 0 saturated carbocycles. The Labute approximate surface area is 70.9 Å². The van der Waals surface area contributed by atoms with Gasteiger partial charge in [0, 0.05) is 12.2 Å². The first-order valence-corrected chi connectivity index (χ1v) is 4.72. The topological polar surface area (TPSA) is 12.0 Å². The summed E-state index contributed by atoms with van der Waals surface area (Å²) in [5.41, 5.74) is 1.21. The summed E-state index contributed by atoms with van der Waals surface area (Å²) in [5, 5.41) is 3.32. The number of rotatable bonds is 7. The van der Waals surface area contributed by atoms with Crippen molar-refractivity contribution in [1.29, 1.82) is 0 Å². The van der Waals surface area contributed by atoms with Crippen LogP contribution in [-0.4, -0.2) is 6.54 Å². The van der Waals surface area contributed by atoms with Crippen molar-refractivity contribution < 1.29 is 0 Å². The standard InChI is InChI=1S/C10H21N/c1-4-6-8-10(3)11-9-7-5-2/h11H,3-9H2,1-2H3. The normalized spacial score (nSPS) is 9.64. The Morgan fingerprint density at radius 2 is 1.82 bits per heavy atom. The molecule has 0 amide bonds. The van der Waals surface area contributed by atoms with Crippen LogP contribution in [0, 0.1) is 0 Å². The second kappa shape index (κ2) is 7.64. The van der Waals surface area contributed by atoms with Gasteiger partial charge in [-0.2, -0.15) is 0 Å². The van der Waals surface area contributed by atoms with E-state index < -0.39 is 0 Å². The van der Waals surface area contributed by atoms with Crippen LogP contribution in [0.1, 0.15) is 46.0 Å². The third kappa shape index (κ3) is 7.44. The molecular weight excluding hydrogens is 134 g/mol. The van der Waals surface area contributed by atoms with E-state index in [-0.39, 0.29) is 0 Å². The first-order chi connectivity index (χ1) is 5.31. The Kier molecular flexibility index (Phi) is 7.33. The van der Waals surface area contributed by atoms with Gasteiger partial charge in [0.25, 0.3) is 0 Å². The molecule has 0 atom stereocenters. The lowest BCUT2D eigenvalue weighted by Crippen LogP contribution is -2.13. The van der Waals surface area contributed by atoms with Crippen molar-refractivity contribution in [2.45, 2.75) is 46.0 Å². The largest absolute Gasteiger partial charge is 0.389 e. The third-order valence-corrected chi connectivity index (χ3v) is 1.74. The highest BCUT2D eigenvalue weighted by Gasteiger charge is 1.90. The highest BCUT2D eigenvalue weighted by atomic mass is 14.9. The maximum absolute atomic E-state index is 3.95. The summed E-state index contributed by atoms with van der Waals surface area (Å²) in [4.78, 5) is 0. The molecule has 1 nitrogen and oxygen atoms in total. The van der Waals surface area contributed by atoms with Crippen molar-refractivity contribution in [2.24, 2.45) is 0 Å². The monoisotopic (exact) mass is 155 g/mol. The quantitative estimate of drug-likeness (QED) is 0.557. The van der Waals surface area contributed by atoms with Gasteiger partial charge in [-0.3, -0.25) is 0 Å². The van der Waals surface area contributed by atoms with E-state index in [1.807, 2.05) is 0 Å². The molecule has 0 rings (SSSR count). The smallest absolute Gasteiger partial charge is 0.0143 e. The van der Waals surface area contributed by atoms with Crippen LogP contribution in [0.15, 0.2) is 12.3 Å². The van der Waals surface area contributed by atoms with Crippen LogP contribution in [0.3, 0.4) is 0 Å². The third-order valence-electron chi connectivity index (χ3n) is 1.74. The molecule has 0 fully saturated rings. The molecule has 0 aliphatic rings. The summed E-state index contributed by atoms with van der Waals surface area (Å²) in [7, 11) is 0. The number of allylic oxidation sites excluding steroid dienone is 1. The lowest BCUT2D eigenvalue weighted by atomic mass is 10.2. The highest BCUT2D eigenvalue weighted by molar-refractivity contribution is 4.89. The lowest BCUT2D eigenvalue weighted by molar-refractivity contribution is 0.665. The minimum atomic E-state index is 1.10. The summed E-state index contributed by atoms with van der Waals surface area (Å²) in [6.07, 6.45) is 6.17. The van der Waals surface area contributed by atoms with Crippen LogP contribution in [0.25, 0.3) is 0 Å². The van der Waals surface area contributed by atoms with Crippen molar-refractivity contribution in [3.8, 4) is 0 Å². The van der Waals surface area contributed by atoms with Crippen LogP contribution in [0.5, 0.6) is 0 Å². The molecule has 11 heavy (non-hydrogen) atoms. The van der Waals surface area contributed by atoms with E-state index in [0.29, 0.717) is 0 Å². The van der Waals surface area contributed by atoms with Gasteiger partial charge in [0.15, 0.2) is 0 Å². The molecule has 0 unspecified atom stereocenters. The van der Waals surface area contributed by atoms with Gasteiger partial charge in [0.1, 0.15) is 0 Å². The lowest BCUT2D eigenvalue weighted by Gasteiger charge is -2.07. The van der Waals surface area contributed by atoms with Gasteiger partial charge in [-0.15, -0.1) is 0 Å². The molecule has 0 aliphatic carbocycles. The summed E-state index contributed by atoms with van der Waals surface area (Å²) in [6.45, 7) is 9.46. The molecule has 0 bridgehead atoms. The van der Waals surface area contributed by atoms with Crippen molar-refractivity contribution >= 4 is 0 Å². The van der Waals surface area contributed by atoms with Crippen molar-refractivity contribution in [2.75, 3.05) is 6.54 Å². The number of unbranched alkanes of at least 4 members (excludes halogenated alkanes) is 2. The van der Waals surface area contributed by atoms with Crippen LogP contribution >= 0.6 is 0 Å². The molecule has 0 aromatic heterocycles. The zero-order valence-corrected chi connectivity index (χ0v) is 7.95. The Hall–Kier alpha value is -0.460. The van der Waals surface area contributed by atoms with Crippen LogP contribution < -0.4 is 5.32 Å².